The zero-order valence-corrected chi connectivity index (χ0v) is 19.1. The van der Waals surface area contributed by atoms with Crippen LogP contribution in [0.5, 0.6) is 0 Å². The number of aliphatic imine (C=N–C) groups is 1. The van der Waals surface area contributed by atoms with Crippen LogP contribution in [0, 0.1) is 5.82 Å². The lowest BCUT2D eigenvalue weighted by Gasteiger charge is -2.36. The molecule has 0 atom stereocenters. The summed E-state index contributed by atoms with van der Waals surface area (Å²) in [5, 5.41) is 7.31. The molecule has 0 spiro atoms. The van der Waals surface area contributed by atoms with Gasteiger partial charge in [-0.25, -0.2) is 9.37 Å². The van der Waals surface area contributed by atoms with Gasteiger partial charge in [0.05, 0.1) is 17.7 Å². The van der Waals surface area contributed by atoms with Crippen LogP contribution >= 0.6 is 24.0 Å². The molecule has 3 aromatic rings. The van der Waals surface area contributed by atoms with Gasteiger partial charge in [-0.15, -0.1) is 24.0 Å². The number of piperazine rings is 1. The molecule has 8 nitrogen and oxygen atoms in total. The Morgan fingerprint density at radius 1 is 1.23 bits per heavy atom. The number of benzene rings is 1. The van der Waals surface area contributed by atoms with E-state index in [2.05, 4.69) is 30.2 Å². The van der Waals surface area contributed by atoms with Crippen LogP contribution < -0.4 is 5.32 Å². The van der Waals surface area contributed by atoms with Crippen LogP contribution in [0.15, 0.2) is 58.8 Å². The van der Waals surface area contributed by atoms with Crippen molar-refractivity contribution < 1.29 is 8.91 Å². The highest BCUT2D eigenvalue weighted by Gasteiger charge is 2.20. The summed E-state index contributed by atoms with van der Waals surface area (Å²) in [6.07, 6.45) is 6.54. The Hall–Kier alpha value is -2.47. The molecular formula is C20H25FIN7O. The molecule has 10 heteroatoms. The number of halogens is 2. The summed E-state index contributed by atoms with van der Waals surface area (Å²) in [6, 6.07) is 7.11. The fourth-order valence-electron chi connectivity index (χ4n) is 3.45. The molecule has 0 radical (unpaired) electrons. The van der Waals surface area contributed by atoms with Gasteiger partial charge in [0.2, 0.25) is 0 Å². The average Bonchev–Trinajstić information content (AvgIpc) is 3.44. The zero-order chi connectivity index (χ0) is 20.1. The van der Waals surface area contributed by atoms with Crippen LogP contribution in [0.1, 0.15) is 11.3 Å². The van der Waals surface area contributed by atoms with Crippen molar-refractivity contribution in [3.63, 3.8) is 0 Å². The van der Waals surface area contributed by atoms with E-state index in [1.54, 1.807) is 48.7 Å². The number of imidazole rings is 1. The minimum atomic E-state index is -0.279. The van der Waals surface area contributed by atoms with Gasteiger partial charge in [-0.3, -0.25) is 9.89 Å². The number of nitrogens with one attached hydrogen (secondary N) is 1. The standard InChI is InChI=1S/C20H24FN7O.HI/c1-22-20(27-9-7-26(8-10-27)14-17-4-11-29-25-17)24-13-16-2-3-19(18(21)12-16)28-6-5-23-15-28;/h2-6,11-12,15H,7-10,13-14H2,1H3,(H,22,24);1H. The van der Waals surface area contributed by atoms with Crippen molar-refractivity contribution in [3.05, 3.63) is 66.3 Å². The summed E-state index contributed by atoms with van der Waals surface area (Å²) in [4.78, 5) is 12.9. The molecule has 3 heterocycles. The third-order valence-corrected chi connectivity index (χ3v) is 5.01. The van der Waals surface area contributed by atoms with E-state index in [1.165, 1.54) is 0 Å². The van der Waals surface area contributed by atoms with Gasteiger partial charge in [0.15, 0.2) is 5.96 Å². The third kappa shape index (κ3) is 5.36. The molecule has 2 aromatic heterocycles. The molecular weight excluding hydrogens is 500 g/mol. The van der Waals surface area contributed by atoms with Crippen LogP contribution in [0.4, 0.5) is 4.39 Å². The van der Waals surface area contributed by atoms with Crippen molar-refractivity contribution in [2.45, 2.75) is 13.1 Å². The van der Waals surface area contributed by atoms with Gasteiger partial charge in [0.25, 0.3) is 0 Å². The summed E-state index contributed by atoms with van der Waals surface area (Å²) in [5.74, 6) is 0.545. The van der Waals surface area contributed by atoms with Crippen LogP contribution in [-0.4, -0.2) is 63.7 Å². The molecule has 0 saturated carbocycles. The Bertz CT molecular complexity index is 938. The SMILES string of the molecule is CN=C(NCc1ccc(-n2ccnc2)c(F)c1)N1CCN(Cc2ccon2)CC1.I. The minimum Gasteiger partial charge on any atom is -0.364 e. The molecule has 30 heavy (non-hydrogen) atoms. The molecule has 1 aromatic carbocycles. The highest BCUT2D eigenvalue weighted by Crippen LogP contribution is 2.15. The molecule has 1 aliphatic heterocycles. The Morgan fingerprint density at radius 3 is 2.70 bits per heavy atom. The largest absolute Gasteiger partial charge is 0.364 e. The molecule has 1 saturated heterocycles. The maximum absolute atomic E-state index is 14.4. The summed E-state index contributed by atoms with van der Waals surface area (Å²) < 4.78 is 21.0. The molecule has 0 bridgehead atoms. The number of hydrogen-bond acceptors (Lipinski definition) is 5. The monoisotopic (exact) mass is 525 g/mol. The first-order valence-electron chi connectivity index (χ1n) is 9.57. The zero-order valence-electron chi connectivity index (χ0n) is 16.7. The lowest BCUT2D eigenvalue weighted by molar-refractivity contribution is 0.169. The van der Waals surface area contributed by atoms with Gasteiger partial charge in [0, 0.05) is 64.8 Å². The van der Waals surface area contributed by atoms with Crippen LogP contribution in [0.2, 0.25) is 0 Å². The Balaban J connectivity index is 0.00000256. The van der Waals surface area contributed by atoms with E-state index in [-0.39, 0.29) is 29.8 Å². The number of hydrogen-bond donors (Lipinski definition) is 1. The van der Waals surface area contributed by atoms with Gasteiger partial charge in [-0.1, -0.05) is 11.2 Å². The molecule has 1 aliphatic rings. The minimum absolute atomic E-state index is 0. The van der Waals surface area contributed by atoms with Crippen molar-refractivity contribution in [3.8, 4) is 5.69 Å². The highest BCUT2D eigenvalue weighted by molar-refractivity contribution is 14.0. The van der Waals surface area contributed by atoms with E-state index in [0.717, 1.165) is 49.9 Å². The molecule has 160 valence electrons. The third-order valence-electron chi connectivity index (χ3n) is 5.01. The van der Waals surface area contributed by atoms with Gasteiger partial charge in [0.1, 0.15) is 12.1 Å². The van der Waals surface area contributed by atoms with Crippen molar-refractivity contribution in [1.29, 1.82) is 0 Å². The number of rotatable bonds is 5. The molecule has 1 N–H and O–H groups in total. The Kier molecular flexibility index (Phi) is 7.80. The second kappa shape index (κ2) is 10.5. The summed E-state index contributed by atoms with van der Waals surface area (Å²) >= 11 is 0. The van der Waals surface area contributed by atoms with E-state index in [0.29, 0.717) is 12.2 Å². The average molecular weight is 525 g/mol. The van der Waals surface area contributed by atoms with Crippen molar-refractivity contribution >= 4 is 29.9 Å². The van der Waals surface area contributed by atoms with E-state index in [9.17, 15) is 4.39 Å². The van der Waals surface area contributed by atoms with Crippen molar-refractivity contribution in [2.75, 3.05) is 33.2 Å². The lowest BCUT2D eigenvalue weighted by Crippen LogP contribution is -2.52. The Labute approximate surface area is 191 Å². The fourth-order valence-corrected chi connectivity index (χ4v) is 3.45. The summed E-state index contributed by atoms with van der Waals surface area (Å²) in [5.41, 5.74) is 2.29. The normalized spacial score (nSPS) is 15.1. The molecule has 0 unspecified atom stereocenters. The molecule has 0 aliphatic carbocycles. The van der Waals surface area contributed by atoms with Crippen LogP contribution in [-0.2, 0) is 13.1 Å². The second-order valence-corrected chi connectivity index (χ2v) is 6.91. The quantitative estimate of drug-likeness (QED) is 0.314. The van der Waals surface area contributed by atoms with Gasteiger partial charge in [-0.2, -0.15) is 0 Å². The predicted octanol–water partition coefficient (Wildman–Crippen LogP) is 2.51. The maximum Gasteiger partial charge on any atom is 0.194 e. The summed E-state index contributed by atoms with van der Waals surface area (Å²) in [6.45, 7) is 4.87. The van der Waals surface area contributed by atoms with E-state index in [4.69, 9.17) is 4.52 Å². The fraction of sp³-hybridized carbons (Fsp3) is 0.350. The number of aromatic nitrogens is 3. The number of nitrogens with zero attached hydrogens (tertiary/aromatic N) is 6. The van der Waals surface area contributed by atoms with Crippen molar-refractivity contribution in [2.24, 2.45) is 4.99 Å². The lowest BCUT2D eigenvalue weighted by atomic mass is 10.2. The van der Waals surface area contributed by atoms with E-state index >= 15 is 0 Å². The van der Waals surface area contributed by atoms with E-state index < -0.39 is 0 Å². The van der Waals surface area contributed by atoms with Crippen LogP contribution in [0.3, 0.4) is 0 Å². The molecule has 4 rings (SSSR count). The maximum atomic E-state index is 14.4. The smallest absolute Gasteiger partial charge is 0.194 e. The van der Waals surface area contributed by atoms with Crippen molar-refractivity contribution in [1.82, 2.24) is 29.8 Å². The summed E-state index contributed by atoms with van der Waals surface area (Å²) in [7, 11) is 1.77. The topological polar surface area (TPSA) is 74.7 Å². The van der Waals surface area contributed by atoms with Crippen LogP contribution in [0.25, 0.3) is 5.69 Å². The first-order valence-corrected chi connectivity index (χ1v) is 9.57. The molecule has 1 fully saturated rings. The molecule has 0 amide bonds. The number of guanidine groups is 1. The van der Waals surface area contributed by atoms with Gasteiger partial charge < -0.3 is 19.3 Å². The Morgan fingerprint density at radius 2 is 2.07 bits per heavy atom. The van der Waals surface area contributed by atoms with E-state index in [1.807, 2.05) is 12.1 Å². The predicted molar refractivity (Wildman–Crippen MR) is 122 cm³/mol. The van der Waals surface area contributed by atoms with Gasteiger partial charge in [-0.05, 0) is 17.7 Å². The van der Waals surface area contributed by atoms with Gasteiger partial charge >= 0.3 is 0 Å². The first kappa shape index (κ1) is 22.2. The first-order chi connectivity index (χ1) is 14.2. The highest BCUT2D eigenvalue weighted by atomic mass is 127. The second-order valence-electron chi connectivity index (χ2n) is 6.91.